The Balaban J connectivity index is 2.19. The first-order chi connectivity index (χ1) is 9.39. The lowest BCUT2D eigenvalue weighted by molar-refractivity contribution is 0.101. The van der Waals surface area contributed by atoms with E-state index in [9.17, 15) is 0 Å². The fraction of sp³-hybridized carbons (Fsp3) is 0.368. The highest BCUT2D eigenvalue weighted by Crippen LogP contribution is 2.27. The van der Waals surface area contributed by atoms with Crippen LogP contribution in [0.15, 0.2) is 70.6 Å². The maximum absolute atomic E-state index is 6.24. The summed E-state index contributed by atoms with van der Waals surface area (Å²) in [6, 6.07) is 0. The summed E-state index contributed by atoms with van der Waals surface area (Å²) in [4.78, 5) is 0. The Morgan fingerprint density at radius 2 is 1.50 bits per heavy atom. The second-order valence-electron chi connectivity index (χ2n) is 5.89. The minimum Gasteiger partial charge on any atom is -0.483 e. The van der Waals surface area contributed by atoms with Crippen molar-refractivity contribution in [3.8, 4) is 0 Å². The van der Waals surface area contributed by atoms with Crippen molar-refractivity contribution in [2.24, 2.45) is 0 Å². The third-order valence-electron chi connectivity index (χ3n) is 4.05. The standard InChI is InChI=1S/C19H24O/c1-14-6-8-18(9-7-15(14)2)20-19(5)12-10-16(3)17(4)11-13-19/h6-8,10-13H,9H2,1-5H3. The van der Waals surface area contributed by atoms with Crippen LogP contribution in [0.3, 0.4) is 0 Å². The molecule has 0 unspecified atom stereocenters. The zero-order valence-electron chi connectivity index (χ0n) is 13.2. The Bertz CT molecular complexity index is 555. The van der Waals surface area contributed by atoms with Gasteiger partial charge in [-0.05, 0) is 69.6 Å². The zero-order chi connectivity index (χ0) is 14.8. The van der Waals surface area contributed by atoms with E-state index in [1.807, 2.05) is 0 Å². The molecule has 20 heavy (non-hydrogen) atoms. The monoisotopic (exact) mass is 268 g/mol. The van der Waals surface area contributed by atoms with Crippen molar-refractivity contribution in [1.82, 2.24) is 0 Å². The van der Waals surface area contributed by atoms with E-state index in [1.165, 1.54) is 22.3 Å². The van der Waals surface area contributed by atoms with Crippen molar-refractivity contribution in [1.29, 1.82) is 0 Å². The van der Waals surface area contributed by atoms with Crippen molar-refractivity contribution < 1.29 is 4.74 Å². The summed E-state index contributed by atoms with van der Waals surface area (Å²) in [6.07, 6.45) is 15.9. The van der Waals surface area contributed by atoms with Gasteiger partial charge in [-0.25, -0.2) is 0 Å². The highest BCUT2D eigenvalue weighted by atomic mass is 16.5. The summed E-state index contributed by atoms with van der Waals surface area (Å²) < 4.78 is 6.24. The number of hydrogen-bond donors (Lipinski definition) is 0. The third kappa shape index (κ3) is 3.41. The number of ether oxygens (including phenoxy) is 1. The Kier molecular flexibility index (Phi) is 4.17. The molecule has 2 aliphatic rings. The van der Waals surface area contributed by atoms with Gasteiger partial charge in [0.25, 0.3) is 0 Å². The van der Waals surface area contributed by atoms with Crippen LogP contribution in [0.1, 0.15) is 41.0 Å². The van der Waals surface area contributed by atoms with E-state index >= 15 is 0 Å². The van der Waals surface area contributed by atoms with Crippen LogP contribution in [0.4, 0.5) is 0 Å². The average Bonchev–Trinajstić information content (AvgIpc) is 2.65. The summed E-state index contributed by atoms with van der Waals surface area (Å²) in [5, 5.41) is 0. The Morgan fingerprint density at radius 3 is 2.10 bits per heavy atom. The second kappa shape index (κ2) is 5.70. The Hall–Kier alpha value is -1.76. The molecule has 0 N–H and O–H groups in total. The molecule has 0 aromatic rings. The van der Waals surface area contributed by atoms with Gasteiger partial charge in [-0.1, -0.05) is 29.9 Å². The number of hydrogen-bond acceptors (Lipinski definition) is 1. The largest absolute Gasteiger partial charge is 0.483 e. The van der Waals surface area contributed by atoms with E-state index in [4.69, 9.17) is 4.74 Å². The van der Waals surface area contributed by atoms with E-state index in [2.05, 4.69) is 77.2 Å². The highest BCUT2D eigenvalue weighted by Gasteiger charge is 2.22. The fourth-order valence-electron chi connectivity index (χ4n) is 2.16. The predicted octanol–water partition coefficient (Wildman–Crippen LogP) is 5.40. The molecule has 0 aromatic carbocycles. The van der Waals surface area contributed by atoms with Gasteiger partial charge in [0.15, 0.2) is 0 Å². The molecule has 2 aliphatic carbocycles. The first-order valence-electron chi connectivity index (χ1n) is 7.19. The Labute approximate surface area is 122 Å². The van der Waals surface area contributed by atoms with Gasteiger partial charge in [0, 0.05) is 6.42 Å². The maximum atomic E-state index is 6.24. The molecule has 1 heteroatoms. The first-order valence-corrected chi connectivity index (χ1v) is 7.19. The molecule has 0 fully saturated rings. The van der Waals surface area contributed by atoms with Gasteiger partial charge < -0.3 is 4.74 Å². The summed E-state index contributed by atoms with van der Waals surface area (Å²) in [7, 11) is 0. The number of allylic oxidation sites excluding steroid dienone is 9. The molecule has 0 aliphatic heterocycles. The van der Waals surface area contributed by atoms with Crippen molar-refractivity contribution in [2.45, 2.75) is 46.6 Å². The Morgan fingerprint density at radius 1 is 0.900 bits per heavy atom. The van der Waals surface area contributed by atoms with E-state index < -0.39 is 0 Å². The lowest BCUT2D eigenvalue weighted by Gasteiger charge is -2.25. The molecule has 0 spiro atoms. The predicted molar refractivity (Wildman–Crippen MR) is 86.4 cm³/mol. The first kappa shape index (κ1) is 14.6. The smallest absolute Gasteiger partial charge is 0.143 e. The van der Waals surface area contributed by atoms with Gasteiger partial charge >= 0.3 is 0 Å². The topological polar surface area (TPSA) is 9.23 Å². The molecule has 0 heterocycles. The van der Waals surface area contributed by atoms with Crippen LogP contribution in [0.25, 0.3) is 0 Å². The zero-order valence-corrected chi connectivity index (χ0v) is 13.2. The molecule has 0 atom stereocenters. The van der Waals surface area contributed by atoms with E-state index in [0.717, 1.165) is 12.2 Å². The van der Waals surface area contributed by atoms with Crippen molar-refractivity contribution in [3.63, 3.8) is 0 Å². The van der Waals surface area contributed by atoms with Gasteiger partial charge in [0.05, 0.1) is 0 Å². The summed E-state index contributed by atoms with van der Waals surface area (Å²) in [5.41, 5.74) is 4.82. The molecule has 0 amide bonds. The van der Waals surface area contributed by atoms with E-state index in [-0.39, 0.29) is 5.60 Å². The van der Waals surface area contributed by atoms with Gasteiger partial charge in [-0.3, -0.25) is 0 Å². The molecule has 0 bridgehead atoms. The molecule has 2 rings (SSSR count). The minimum absolute atomic E-state index is 0.376. The molecule has 1 nitrogen and oxygen atoms in total. The molecule has 0 radical (unpaired) electrons. The lowest BCUT2D eigenvalue weighted by Crippen LogP contribution is -2.22. The maximum Gasteiger partial charge on any atom is 0.143 e. The van der Waals surface area contributed by atoms with Crippen LogP contribution >= 0.6 is 0 Å². The van der Waals surface area contributed by atoms with E-state index in [1.54, 1.807) is 0 Å². The van der Waals surface area contributed by atoms with Crippen LogP contribution < -0.4 is 0 Å². The molecular formula is C19H24O. The van der Waals surface area contributed by atoms with Crippen LogP contribution in [0.2, 0.25) is 0 Å². The fourth-order valence-corrected chi connectivity index (χ4v) is 2.16. The molecule has 0 saturated heterocycles. The molecule has 0 saturated carbocycles. The lowest BCUT2D eigenvalue weighted by atomic mass is 10.1. The SMILES string of the molecule is CC1=CC=C(OC2(C)C=CC(C)=C(C)C=C2)CC=C1C. The summed E-state index contributed by atoms with van der Waals surface area (Å²) in [5.74, 6) is 1.01. The normalized spacial score (nSPS) is 21.8. The van der Waals surface area contributed by atoms with E-state index in [0.29, 0.717) is 0 Å². The van der Waals surface area contributed by atoms with Crippen molar-refractivity contribution >= 4 is 0 Å². The molecular weight excluding hydrogens is 244 g/mol. The highest BCUT2D eigenvalue weighted by molar-refractivity contribution is 5.38. The second-order valence-corrected chi connectivity index (χ2v) is 5.89. The van der Waals surface area contributed by atoms with Crippen molar-refractivity contribution in [2.75, 3.05) is 0 Å². The number of rotatable bonds is 2. The van der Waals surface area contributed by atoms with Gasteiger partial charge in [-0.15, -0.1) is 0 Å². The average molecular weight is 268 g/mol. The van der Waals surface area contributed by atoms with Gasteiger partial charge in [-0.2, -0.15) is 0 Å². The van der Waals surface area contributed by atoms with Gasteiger partial charge in [0.1, 0.15) is 11.4 Å². The van der Waals surface area contributed by atoms with Crippen LogP contribution in [-0.2, 0) is 4.74 Å². The quantitative estimate of drug-likeness (QED) is 0.651. The molecule has 106 valence electrons. The van der Waals surface area contributed by atoms with Crippen molar-refractivity contribution in [3.05, 3.63) is 70.6 Å². The van der Waals surface area contributed by atoms with Crippen LogP contribution in [0, 0.1) is 0 Å². The van der Waals surface area contributed by atoms with Crippen LogP contribution in [0.5, 0.6) is 0 Å². The third-order valence-corrected chi connectivity index (χ3v) is 4.05. The summed E-state index contributed by atoms with van der Waals surface area (Å²) in [6.45, 7) is 10.6. The molecule has 0 aromatic heterocycles. The van der Waals surface area contributed by atoms with Crippen LogP contribution in [-0.4, -0.2) is 5.60 Å². The van der Waals surface area contributed by atoms with Gasteiger partial charge in [0.2, 0.25) is 0 Å². The summed E-state index contributed by atoms with van der Waals surface area (Å²) >= 11 is 0. The minimum atomic E-state index is -0.376.